The predicted molar refractivity (Wildman–Crippen MR) is 156 cm³/mol. The van der Waals surface area contributed by atoms with Crippen LogP contribution in [-0.2, 0) is 19.2 Å². The van der Waals surface area contributed by atoms with Gasteiger partial charge in [0.25, 0.3) is 11.8 Å². The van der Waals surface area contributed by atoms with Gasteiger partial charge in [0, 0.05) is 23.6 Å². The normalized spacial score (nSPS) is 31.5. The molecule has 43 heavy (non-hydrogen) atoms. The van der Waals surface area contributed by atoms with Crippen LogP contribution in [0.5, 0.6) is 17.2 Å². The zero-order valence-electron chi connectivity index (χ0n) is 22.3. The maximum absolute atomic E-state index is 14.0. The van der Waals surface area contributed by atoms with Crippen LogP contribution in [0, 0.1) is 17.8 Å². The summed E-state index contributed by atoms with van der Waals surface area (Å²) in [6.07, 6.45) is 1.55. The van der Waals surface area contributed by atoms with Gasteiger partial charge in [-0.3, -0.25) is 24.1 Å². The fraction of sp³-hybridized carbons (Fsp3) is 0.345. The first kappa shape index (κ1) is 29.5. The number of methoxy groups -OCH3 is 1. The zero-order valence-corrected chi connectivity index (χ0v) is 25.4. The fourth-order valence-electron chi connectivity index (χ4n) is 7.09. The number of amides is 4. The van der Waals surface area contributed by atoms with Gasteiger partial charge in [0.05, 0.1) is 30.1 Å². The van der Waals surface area contributed by atoms with Crippen molar-refractivity contribution in [1.29, 1.82) is 0 Å². The number of carboxylic acid groups (broad SMARTS) is 1. The number of rotatable bonds is 5. The molecule has 4 aliphatic rings. The van der Waals surface area contributed by atoms with Crippen molar-refractivity contribution in [2.24, 2.45) is 17.8 Å². The Kier molecular flexibility index (Phi) is 6.83. The summed E-state index contributed by atoms with van der Waals surface area (Å²) < 4.78 is 5.21. The number of imide groups is 2. The molecule has 0 aromatic heterocycles. The van der Waals surface area contributed by atoms with Gasteiger partial charge in [0.1, 0.15) is 22.8 Å². The zero-order chi connectivity index (χ0) is 31.2. The Morgan fingerprint density at radius 1 is 1.02 bits per heavy atom. The summed E-state index contributed by atoms with van der Waals surface area (Å²) in [6.45, 7) is 0. The molecule has 224 valence electrons. The van der Waals surface area contributed by atoms with Gasteiger partial charge in [-0.25, -0.2) is 9.69 Å². The molecule has 1 saturated carbocycles. The molecule has 6 rings (SSSR count). The molecule has 2 aliphatic carbocycles. The van der Waals surface area contributed by atoms with Gasteiger partial charge in [-0.05, 0) is 37.0 Å². The highest BCUT2D eigenvalue weighted by molar-refractivity contribution is 9.09. The average molecular weight is 694 g/mol. The largest absolute Gasteiger partial charge is 0.508 e. The van der Waals surface area contributed by atoms with E-state index in [1.165, 1.54) is 25.3 Å². The Morgan fingerprint density at radius 3 is 2.35 bits per heavy atom. The number of ether oxygens (including phenoxy) is 1. The van der Waals surface area contributed by atoms with E-state index in [0.717, 1.165) is 21.9 Å². The molecule has 14 heteroatoms. The van der Waals surface area contributed by atoms with Crippen molar-refractivity contribution in [3.05, 3.63) is 59.2 Å². The van der Waals surface area contributed by atoms with E-state index >= 15 is 0 Å². The molecule has 2 aromatic carbocycles. The number of likely N-dealkylation sites (tertiary alicyclic amines) is 1. The molecule has 0 radical (unpaired) electrons. The fourth-order valence-corrected chi connectivity index (χ4v) is 8.50. The first-order chi connectivity index (χ1) is 20.3. The number of hydrogen-bond acceptors (Lipinski definition) is 8. The van der Waals surface area contributed by atoms with Gasteiger partial charge < -0.3 is 20.1 Å². The maximum atomic E-state index is 14.0. The van der Waals surface area contributed by atoms with Crippen molar-refractivity contribution >= 4 is 74.4 Å². The van der Waals surface area contributed by atoms with Crippen molar-refractivity contribution in [3.63, 3.8) is 0 Å². The van der Waals surface area contributed by atoms with Crippen molar-refractivity contribution in [1.82, 2.24) is 4.90 Å². The first-order valence-corrected chi connectivity index (χ1v) is 15.0. The number of carbonyl (C=O) groups is 5. The maximum Gasteiger partial charge on any atom is 0.339 e. The lowest BCUT2D eigenvalue weighted by Crippen LogP contribution is -2.60. The number of carbonyl (C=O) groups excluding carboxylic acids is 4. The SMILES string of the molecule is COc1ccc(C2C3=CCC4C(=O)N(c5ccc(C(=O)O)c(O)c5)C(=O)C4C3CC3(Cl)C(=O)N(CBr)C(=O)C23Cl)c(O)c1. The van der Waals surface area contributed by atoms with Crippen LogP contribution in [0.2, 0.25) is 0 Å². The molecule has 4 amide bonds. The van der Waals surface area contributed by atoms with Crippen molar-refractivity contribution < 1.29 is 44.0 Å². The average Bonchev–Trinajstić information content (AvgIpc) is 3.30. The Labute approximate surface area is 262 Å². The smallest absolute Gasteiger partial charge is 0.339 e. The summed E-state index contributed by atoms with van der Waals surface area (Å²) in [7, 11) is 1.41. The summed E-state index contributed by atoms with van der Waals surface area (Å²) in [4.78, 5) is 64.3. The lowest BCUT2D eigenvalue weighted by Gasteiger charge is -2.50. The second-order valence-electron chi connectivity index (χ2n) is 10.9. The van der Waals surface area contributed by atoms with E-state index in [1.807, 2.05) is 0 Å². The minimum absolute atomic E-state index is 0.0153. The third-order valence-electron chi connectivity index (χ3n) is 9.03. The van der Waals surface area contributed by atoms with Crippen LogP contribution in [0.3, 0.4) is 0 Å². The third kappa shape index (κ3) is 3.82. The minimum Gasteiger partial charge on any atom is -0.508 e. The van der Waals surface area contributed by atoms with Gasteiger partial charge >= 0.3 is 5.97 Å². The molecule has 2 saturated heterocycles. The van der Waals surface area contributed by atoms with Crippen LogP contribution in [0.1, 0.15) is 34.7 Å². The summed E-state index contributed by atoms with van der Waals surface area (Å²) >= 11 is 17.5. The number of phenolic OH excluding ortho intramolecular Hbond substituents is 1. The highest BCUT2D eigenvalue weighted by Gasteiger charge is 2.76. The van der Waals surface area contributed by atoms with Crippen LogP contribution in [0.4, 0.5) is 5.69 Å². The number of halogens is 3. The van der Waals surface area contributed by atoms with E-state index in [9.17, 15) is 39.3 Å². The molecule has 6 atom stereocenters. The standard InChI is InChI=1S/C29H23BrCl2N2O9/c1-43-13-3-5-15(20(36)9-13)22-14-6-7-17-21(18(14)10-28(31)26(41)33(11-30)27(42)29(22,28)32)24(38)34(23(17)37)12-2-4-16(25(39)40)19(35)8-12/h2-6,8-9,17-18,21-22,35-36H,7,10-11H2,1H3,(H,39,40). The summed E-state index contributed by atoms with van der Waals surface area (Å²) in [5, 5.41) is 30.6. The molecule has 3 N–H and O–H groups in total. The molecular formula is C29H23BrCl2N2O9. The van der Waals surface area contributed by atoms with Crippen molar-refractivity contribution in [2.45, 2.75) is 28.5 Å². The highest BCUT2D eigenvalue weighted by atomic mass is 79.9. The molecule has 11 nitrogen and oxygen atoms in total. The molecular weight excluding hydrogens is 671 g/mol. The lowest BCUT2D eigenvalue weighted by molar-refractivity contribution is -0.138. The van der Waals surface area contributed by atoms with E-state index < -0.39 is 74.3 Å². The number of carboxylic acids is 1. The first-order valence-electron chi connectivity index (χ1n) is 13.1. The van der Waals surface area contributed by atoms with E-state index in [4.69, 9.17) is 27.9 Å². The number of aromatic carboxylic acids is 1. The summed E-state index contributed by atoms with van der Waals surface area (Å²) in [6, 6.07) is 7.79. The van der Waals surface area contributed by atoms with Crippen molar-refractivity contribution in [3.8, 4) is 17.2 Å². The van der Waals surface area contributed by atoms with Crippen LogP contribution >= 0.6 is 39.1 Å². The Morgan fingerprint density at radius 2 is 1.74 bits per heavy atom. The van der Waals surface area contributed by atoms with E-state index in [0.29, 0.717) is 11.3 Å². The van der Waals surface area contributed by atoms with E-state index in [2.05, 4.69) is 15.9 Å². The monoisotopic (exact) mass is 692 g/mol. The molecule has 6 unspecified atom stereocenters. The second-order valence-corrected chi connectivity index (χ2v) is 12.7. The number of aromatic hydroxyl groups is 2. The van der Waals surface area contributed by atoms with E-state index in [1.54, 1.807) is 12.1 Å². The molecule has 2 aliphatic heterocycles. The molecule has 2 heterocycles. The van der Waals surface area contributed by atoms with E-state index in [-0.39, 0.29) is 35.3 Å². The van der Waals surface area contributed by atoms with Crippen LogP contribution in [0.25, 0.3) is 0 Å². The third-order valence-corrected chi connectivity index (χ3v) is 10.9. The number of allylic oxidation sites excluding steroid dienone is 2. The topological polar surface area (TPSA) is 162 Å². The number of benzene rings is 2. The van der Waals surface area contributed by atoms with Crippen LogP contribution in [0.15, 0.2) is 48.0 Å². The van der Waals surface area contributed by atoms with Crippen LogP contribution < -0.4 is 9.64 Å². The molecule has 2 aromatic rings. The summed E-state index contributed by atoms with van der Waals surface area (Å²) in [5.41, 5.74) is 0.0692. The van der Waals surface area contributed by atoms with Gasteiger partial charge in [-0.1, -0.05) is 33.6 Å². The van der Waals surface area contributed by atoms with Crippen LogP contribution in [-0.4, -0.2) is 72.1 Å². The van der Waals surface area contributed by atoms with Crippen molar-refractivity contribution in [2.75, 3.05) is 17.5 Å². The number of hydrogen-bond donors (Lipinski definition) is 3. The van der Waals surface area contributed by atoms with Gasteiger partial charge in [0.2, 0.25) is 11.8 Å². The molecule has 0 spiro atoms. The van der Waals surface area contributed by atoms with Gasteiger partial charge in [-0.15, -0.1) is 23.2 Å². The van der Waals surface area contributed by atoms with Gasteiger partial charge in [0.15, 0.2) is 9.75 Å². The highest BCUT2D eigenvalue weighted by Crippen LogP contribution is 2.66. The van der Waals surface area contributed by atoms with Gasteiger partial charge in [-0.2, -0.15) is 0 Å². The minimum atomic E-state index is -2.08. The molecule has 3 fully saturated rings. The Hall–Kier alpha value is -3.61. The number of anilines is 1. The quantitative estimate of drug-likeness (QED) is 0.183. The lowest BCUT2D eigenvalue weighted by atomic mass is 9.56. The number of nitrogens with zero attached hydrogens (tertiary/aromatic N) is 2. The summed E-state index contributed by atoms with van der Waals surface area (Å²) in [5.74, 6) is -8.57. The number of alkyl halides is 3. The Bertz CT molecular complexity index is 1680. The number of fused-ring (bicyclic) bond motifs is 4. The second kappa shape index (κ2) is 9.96. The molecule has 0 bridgehead atoms. The Balaban J connectivity index is 1.50. The number of phenols is 2. The predicted octanol–water partition coefficient (Wildman–Crippen LogP) is 3.72.